The van der Waals surface area contributed by atoms with Crippen LogP contribution in [0.2, 0.25) is 0 Å². The maximum absolute atomic E-state index is 13.2. The van der Waals surface area contributed by atoms with Crippen LogP contribution in [0.1, 0.15) is 44.9 Å². The predicted molar refractivity (Wildman–Crippen MR) is 72.3 cm³/mol. The van der Waals surface area contributed by atoms with Crippen LogP contribution < -0.4 is 11.3 Å². The molecule has 0 aromatic heterocycles. The van der Waals surface area contributed by atoms with Crippen LogP contribution in [0.5, 0.6) is 0 Å². The summed E-state index contributed by atoms with van der Waals surface area (Å²) in [4.78, 5) is 0. The van der Waals surface area contributed by atoms with Crippen molar-refractivity contribution in [3.05, 3.63) is 35.1 Å². The summed E-state index contributed by atoms with van der Waals surface area (Å²) in [6.07, 6.45) is 0. The smallest absolute Gasteiger partial charge is 0.123 e. The van der Waals surface area contributed by atoms with E-state index in [9.17, 15) is 4.39 Å². The molecule has 0 saturated heterocycles. The van der Waals surface area contributed by atoms with Crippen molar-refractivity contribution in [2.24, 2.45) is 22.6 Å². The van der Waals surface area contributed by atoms with E-state index in [2.05, 4.69) is 33.1 Å². The number of nitrogens with one attached hydrogen (secondary N) is 1. The highest BCUT2D eigenvalue weighted by molar-refractivity contribution is 5.33. The number of hydrogen-bond donors (Lipinski definition) is 2. The Balaban J connectivity index is 2.37. The molecule has 1 aromatic carbocycles. The lowest BCUT2D eigenvalue weighted by molar-refractivity contribution is 0.415. The monoisotopic (exact) mass is 250 g/mol. The molecule has 1 aliphatic rings. The van der Waals surface area contributed by atoms with Gasteiger partial charge in [0.2, 0.25) is 0 Å². The topological polar surface area (TPSA) is 38.0 Å². The summed E-state index contributed by atoms with van der Waals surface area (Å²) in [6.45, 7) is 11.0. The maximum atomic E-state index is 13.2. The van der Waals surface area contributed by atoms with Crippen molar-refractivity contribution in [1.82, 2.24) is 5.43 Å². The molecule has 1 atom stereocenters. The Hall–Kier alpha value is -0.930. The van der Waals surface area contributed by atoms with Crippen LogP contribution in [0.3, 0.4) is 0 Å². The molecule has 1 aliphatic carbocycles. The van der Waals surface area contributed by atoms with E-state index >= 15 is 0 Å². The molecule has 0 spiro atoms. The first-order valence-corrected chi connectivity index (χ1v) is 6.45. The van der Waals surface area contributed by atoms with Gasteiger partial charge < -0.3 is 0 Å². The number of halogens is 1. The number of nitrogens with two attached hydrogens (primary N) is 1. The highest BCUT2D eigenvalue weighted by Crippen LogP contribution is 2.72. The Morgan fingerprint density at radius 1 is 1.22 bits per heavy atom. The summed E-state index contributed by atoms with van der Waals surface area (Å²) in [5, 5.41) is 0. The molecule has 3 N–H and O–H groups in total. The van der Waals surface area contributed by atoms with Gasteiger partial charge in [-0.3, -0.25) is 11.3 Å². The summed E-state index contributed by atoms with van der Waals surface area (Å²) in [5.74, 6) is 6.02. The van der Waals surface area contributed by atoms with Gasteiger partial charge in [0.15, 0.2) is 0 Å². The van der Waals surface area contributed by atoms with Gasteiger partial charge in [-0.15, -0.1) is 0 Å². The van der Waals surface area contributed by atoms with Gasteiger partial charge in [0, 0.05) is 0 Å². The van der Waals surface area contributed by atoms with Crippen molar-refractivity contribution < 1.29 is 4.39 Å². The van der Waals surface area contributed by atoms with Crippen LogP contribution in [0.25, 0.3) is 0 Å². The van der Waals surface area contributed by atoms with Gasteiger partial charge in [0.25, 0.3) is 0 Å². The first-order valence-electron chi connectivity index (χ1n) is 6.45. The van der Waals surface area contributed by atoms with E-state index in [0.29, 0.717) is 5.92 Å². The summed E-state index contributed by atoms with van der Waals surface area (Å²) >= 11 is 0. The summed E-state index contributed by atoms with van der Waals surface area (Å²) in [5.41, 5.74) is 5.47. The number of rotatable bonds is 3. The normalized spacial score (nSPS) is 22.8. The van der Waals surface area contributed by atoms with E-state index in [4.69, 9.17) is 5.84 Å². The number of aryl methyl sites for hydroxylation is 1. The number of hydrazine groups is 1. The fourth-order valence-corrected chi connectivity index (χ4v) is 3.43. The minimum absolute atomic E-state index is 0.0793. The van der Waals surface area contributed by atoms with Gasteiger partial charge in [0.05, 0.1) is 6.04 Å². The Kier molecular flexibility index (Phi) is 3.03. The zero-order valence-corrected chi connectivity index (χ0v) is 11.8. The third kappa shape index (κ3) is 1.77. The highest BCUT2D eigenvalue weighted by Gasteiger charge is 2.67. The van der Waals surface area contributed by atoms with Crippen LogP contribution in [-0.2, 0) is 0 Å². The molecule has 1 saturated carbocycles. The lowest BCUT2D eigenvalue weighted by Crippen LogP contribution is -2.31. The fourth-order valence-electron chi connectivity index (χ4n) is 3.43. The second kappa shape index (κ2) is 4.04. The average molecular weight is 250 g/mol. The molecule has 0 bridgehead atoms. The molecule has 3 heteroatoms. The standard InChI is InChI=1S/C15H23FN2/c1-9-8-10(16)6-7-11(9)12(18-17)13-14(2,3)15(13,4)5/h6-8,12-13,18H,17H2,1-5H3. The average Bonchev–Trinajstić information content (AvgIpc) is 2.64. The van der Waals surface area contributed by atoms with Crippen molar-refractivity contribution in [2.75, 3.05) is 0 Å². The number of benzene rings is 1. The molecule has 100 valence electrons. The first kappa shape index (κ1) is 13.5. The van der Waals surface area contributed by atoms with Crippen molar-refractivity contribution in [1.29, 1.82) is 0 Å². The molecular weight excluding hydrogens is 227 g/mol. The third-order valence-corrected chi connectivity index (χ3v) is 5.21. The predicted octanol–water partition coefficient (Wildman–Crippen LogP) is 3.32. The Morgan fingerprint density at radius 3 is 2.17 bits per heavy atom. The SMILES string of the molecule is Cc1cc(F)ccc1C(NN)C1C(C)(C)C1(C)C. The van der Waals surface area contributed by atoms with E-state index in [-0.39, 0.29) is 22.7 Å². The first-order chi connectivity index (χ1) is 8.23. The zero-order chi connectivity index (χ0) is 13.7. The minimum Gasteiger partial charge on any atom is -0.271 e. The van der Waals surface area contributed by atoms with Gasteiger partial charge in [0.1, 0.15) is 5.82 Å². The van der Waals surface area contributed by atoms with Gasteiger partial charge in [-0.25, -0.2) is 4.39 Å². The largest absolute Gasteiger partial charge is 0.271 e. The summed E-state index contributed by atoms with van der Waals surface area (Å²) < 4.78 is 13.2. The molecule has 0 radical (unpaired) electrons. The van der Waals surface area contributed by atoms with Crippen LogP contribution in [0, 0.1) is 29.5 Å². The fraction of sp³-hybridized carbons (Fsp3) is 0.600. The van der Waals surface area contributed by atoms with Gasteiger partial charge in [-0.05, 0) is 46.9 Å². The molecule has 1 fully saturated rings. The Labute approximate surface area is 109 Å². The van der Waals surface area contributed by atoms with E-state index in [0.717, 1.165) is 11.1 Å². The highest BCUT2D eigenvalue weighted by atomic mass is 19.1. The van der Waals surface area contributed by atoms with Crippen molar-refractivity contribution in [3.63, 3.8) is 0 Å². The molecule has 18 heavy (non-hydrogen) atoms. The van der Waals surface area contributed by atoms with E-state index in [1.54, 1.807) is 6.07 Å². The van der Waals surface area contributed by atoms with Crippen molar-refractivity contribution in [2.45, 2.75) is 40.7 Å². The molecule has 0 heterocycles. The minimum atomic E-state index is -0.193. The van der Waals surface area contributed by atoms with Crippen LogP contribution >= 0.6 is 0 Å². The third-order valence-electron chi connectivity index (χ3n) is 5.21. The quantitative estimate of drug-likeness (QED) is 0.638. The van der Waals surface area contributed by atoms with E-state index < -0.39 is 0 Å². The Bertz CT molecular complexity index is 452. The molecular formula is C15H23FN2. The summed E-state index contributed by atoms with van der Waals surface area (Å²) in [6, 6.07) is 5.01. The van der Waals surface area contributed by atoms with Gasteiger partial charge in [-0.2, -0.15) is 0 Å². The molecule has 0 amide bonds. The molecule has 1 aromatic rings. The van der Waals surface area contributed by atoms with E-state index in [1.807, 2.05) is 13.0 Å². The van der Waals surface area contributed by atoms with Crippen LogP contribution in [0.4, 0.5) is 4.39 Å². The van der Waals surface area contributed by atoms with Crippen LogP contribution in [-0.4, -0.2) is 0 Å². The number of hydrogen-bond acceptors (Lipinski definition) is 2. The maximum Gasteiger partial charge on any atom is 0.123 e. The molecule has 2 nitrogen and oxygen atoms in total. The second-order valence-corrected chi connectivity index (χ2v) is 6.57. The second-order valence-electron chi connectivity index (χ2n) is 6.57. The molecule has 1 unspecified atom stereocenters. The summed E-state index contributed by atoms with van der Waals surface area (Å²) in [7, 11) is 0. The lowest BCUT2D eigenvalue weighted by atomic mass is 9.93. The zero-order valence-electron chi connectivity index (χ0n) is 11.8. The Morgan fingerprint density at radius 2 is 1.78 bits per heavy atom. The van der Waals surface area contributed by atoms with E-state index in [1.165, 1.54) is 6.07 Å². The van der Waals surface area contributed by atoms with Crippen molar-refractivity contribution >= 4 is 0 Å². The van der Waals surface area contributed by atoms with Gasteiger partial charge >= 0.3 is 0 Å². The lowest BCUT2D eigenvalue weighted by Gasteiger charge is -2.21. The molecule has 0 aliphatic heterocycles. The molecule has 2 rings (SSSR count). The van der Waals surface area contributed by atoms with Gasteiger partial charge in [-0.1, -0.05) is 33.8 Å². The van der Waals surface area contributed by atoms with Crippen molar-refractivity contribution in [3.8, 4) is 0 Å². The van der Waals surface area contributed by atoms with Crippen LogP contribution in [0.15, 0.2) is 18.2 Å².